The van der Waals surface area contributed by atoms with Crippen molar-refractivity contribution >= 4 is 29.5 Å². The number of halogens is 1. The number of hydrogen-bond acceptors (Lipinski definition) is 3. The second kappa shape index (κ2) is 8.19. The van der Waals surface area contributed by atoms with E-state index in [1.165, 1.54) is 6.21 Å². The van der Waals surface area contributed by atoms with Crippen LogP contribution in [-0.4, -0.2) is 18.3 Å². The second-order valence-electron chi connectivity index (χ2n) is 5.07. The first-order valence-corrected chi connectivity index (χ1v) is 7.53. The summed E-state index contributed by atoms with van der Waals surface area (Å²) in [4.78, 5) is 11.7. The number of anilines is 1. The van der Waals surface area contributed by atoms with Gasteiger partial charge in [0, 0.05) is 10.7 Å². The third-order valence-electron chi connectivity index (χ3n) is 2.73. The number of hydrogen-bond donors (Lipinski definition) is 2. The molecular weight excluding hydrogens is 314 g/mol. The summed E-state index contributed by atoms with van der Waals surface area (Å²) < 4.78 is 5.54. The first kappa shape index (κ1) is 16.8. The van der Waals surface area contributed by atoms with E-state index in [-0.39, 0.29) is 6.10 Å². The van der Waals surface area contributed by atoms with Gasteiger partial charge in [-0.05, 0) is 55.8 Å². The summed E-state index contributed by atoms with van der Waals surface area (Å²) in [6.07, 6.45) is 1.65. The fourth-order valence-corrected chi connectivity index (χ4v) is 1.89. The van der Waals surface area contributed by atoms with Gasteiger partial charge in [0.05, 0.1) is 12.3 Å². The molecule has 0 fully saturated rings. The number of carbonyl (C=O) groups excluding carboxylic acids is 1. The van der Waals surface area contributed by atoms with E-state index in [1.807, 2.05) is 13.8 Å². The molecule has 2 aromatic rings. The fourth-order valence-electron chi connectivity index (χ4n) is 1.76. The topological polar surface area (TPSA) is 62.7 Å². The highest BCUT2D eigenvalue weighted by Gasteiger charge is 2.01. The van der Waals surface area contributed by atoms with Crippen molar-refractivity contribution < 1.29 is 9.53 Å². The van der Waals surface area contributed by atoms with Gasteiger partial charge in [-0.25, -0.2) is 10.2 Å². The molecule has 5 nitrogen and oxygen atoms in total. The number of benzene rings is 2. The lowest BCUT2D eigenvalue weighted by atomic mass is 10.2. The number of rotatable bonds is 5. The van der Waals surface area contributed by atoms with Crippen LogP contribution in [0.5, 0.6) is 5.75 Å². The number of ether oxygens (including phenoxy) is 1. The zero-order valence-corrected chi connectivity index (χ0v) is 13.7. The third-order valence-corrected chi connectivity index (χ3v) is 2.99. The SMILES string of the molecule is CC(C)Oc1ccc(NC(=O)NN=Cc2ccc(Cl)cc2)cc1. The normalized spacial score (nSPS) is 10.8. The van der Waals surface area contributed by atoms with Crippen molar-refractivity contribution in [2.24, 2.45) is 5.10 Å². The Labute approximate surface area is 140 Å². The average molecular weight is 332 g/mol. The van der Waals surface area contributed by atoms with Gasteiger partial charge in [0.2, 0.25) is 0 Å². The molecule has 0 aromatic heterocycles. The Morgan fingerprint density at radius 1 is 1.13 bits per heavy atom. The smallest absolute Gasteiger partial charge is 0.339 e. The van der Waals surface area contributed by atoms with Crippen LogP contribution in [-0.2, 0) is 0 Å². The van der Waals surface area contributed by atoms with Gasteiger partial charge in [0.15, 0.2) is 0 Å². The largest absolute Gasteiger partial charge is 0.491 e. The average Bonchev–Trinajstić information content (AvgIpc) is 2.51. The van der Waals surface area contributed by atoms with Gasteiger partial charge < -0.3 is 10.1 Å². The van der Waals surface area contributed by atoms with Crippen molar-refractivity contribution in [2.75, 3.05) is 5.32 Å². The van der Waals surface area contributed by atoms with E-state index in [2.05, 4.69) is 15.8 Å². The van der Waals surface area contributed by atoms with E-state index >= 15 is 0 Å². The molecule has 23 heavy (non-hydrogen) atoms. The molecule has 0 bridgehead atoms. The van der Waals surface area contributed by atoms with Crippen LogP contribution in [0.25, 0.3) is 0 Å². The number of hydrazone groups is 1. The third kappa shape index (κ3) is 6.00. The standard InChI is InChI=1S/C17H18ClN3O2/c1-12(2)23-16-9-7-15(8-10-16)20-17(22)21-19-11-13-3-5-14(18)6-4-13/h3-12H,1-2H3,(H2,20,21,22). The lowest BCUT2D eigenvalue weighted by molar-refractivity contribution is 0.242. The van der Waals surface area contributed by atoms with Crippen molar-refractivity contribution in [3.8, 4) is 5.75 Å². The van der Waals surface area contributed by atoms with Crippen LogP contribution in [0.1, 0.15) is 19.4 Å². The molecule has 0 unspecified atom stereocenters. The molecule has 0 aliphatic carbocycles. The maximum Gasteiger partial charge on any atom is 0.339 e. The Hall–Kier alpha value is -2.53. The molecule has 0 radical (unpaired) electrons. The van der Waals surface area contributed by atoms with Crippen molar-refractivity contribution in [1.82, 2.24) is 5.43 Å². The Morgan fingerprint density at radius 2 is 1.78 bits per heavy atom. The van der Waals surface area contributed by atoms with Crippen LogP contribution >= 0.6 is 11.6 Å². The van der Waals surface area contributed by atoms with Gasteiger partial charge in [-0.2, -0.15) is 5.10 Å². The van der Waals surface area contributed by atoms with Crippen LogP contribution in [0.2, 0.25) is 5.02 Å². The lowest BCUT2D eigenvalue weighted by Crippen LogP contribution is -2.24. The van der Waals surface area contributed by atoms with Crippen molar-refractivity contribution in [3.05, 3.63) is 59.1 Å². The Balaban J connectivity index is 1.83. The van der Waals surface area contributed by atoms with Gasteiger partial charge in [-0.3, -0.25) is 0 Å². The molecule has 2 amide bonds. The first-order valence-electron chi connectivity index (χ1n) is 7.15. The summed E-state index contributed by atoms with van der Waals surface area (Å²) in [6, 6.07) is 13.8. The molecule has 2 rings (SSSR count). The Morgan fingerprint density at radius 3 is 2.39 bits per heavy atom. The summed E-state index contributed by atoms with van der Waals surface area (Å²) >= 11 is 5.79. The highest BCUT2D eigenvalue weighted by atomic mass is 35.5. The molecule has 0 aliphatic heterocycles. The zero-order valence-electron chi connectivity index (χ0n) is 12.9. The highest BCUT2D eigenvalue weighted by Crippen LogP contribution is 2.16. The van der Waals surface area contributed by atoms with Gasteiger partial charge >= 0.3 is 6.03 Å². The van der Waals surface area contributed by atoms with Crippen LogP contribution in [0, 0.1) is 0 Å². The molecular formula is C17H18ClN3O2. The van der Waals surface area contributed by atoms with Crippen LogP contribution in [0.3, 0.4) is 0 Å². The second-order valence-corrected chi connectivity index (χ2v) is 5.50. The number of nitrogens with zero attached hydrogens (tertiary/aromatic N) is 1. The highest BCUT2D eigenvalue weighted by molar-refractivity contribution is 6.30. The number of amides is 2. The minimum absolute atomic E-state index is 0.110. The molecule has 2 aromatic carbocycles. The zero-order chi connectivity index (χ0) is 16.7. The van der Waals surface area contributed by atoms with E-state index in [4.69, 9.17) is 16.3 Å². The number of carbonyl (C=O) groups is 1. The molecule has 0 spiro atoms. The quantitative estimate of drug-likeness (QED) is 0.634. The van der Waals surface area contributed by atoms with E-state index in [0.717, 1.165) is 11.3 Å². The molecule has 120 valence electrons. The predicted octanol–water partition coefficient (Wildman–Crippen LogP) is 4.28. The molecule has 0 saturated carbocycles. The summed E-state index contributed by atoms with van der Waals surface area (Å²) in [6.45, 7) is 3.91. The molecule has 0 heterocycles. The van der Waals surface area contributed by atoms with E-state index in [9.17, 15) is 4.79 Å². The van der Waals surface area contributed by atoms with Crippen molar-refractivity contribution in [2.45, 2.75) is 20.0 Å². The first-order chi connectivity index (χ1) is 11.0. The molecule has 0 atom stereocenters. The molecule has 6 heteroatoms. The maximum absolute atomic E-state index is 11.7. The van der Waals surface area contributed by atoms with E-state index < -0.39 is 6.03 Å². The molecule has 0 aliphatic rings. The minimum atomic E-state index is -0.423. The van der Waals surface area contributed by atoms with E-state index in [1.54, 1.807) is 48.5 Å². The number of nitrogens with one attached hydrogen (secondary N) is 2. The summed E-state index contributed by atoms with van der Waals surface area (Å²) in [5.41, 5.74) is 3.89. The van der Waals surface area contributed by atoms with Crippen LogP contribution in [0.15, 0.2) is 53.6 Å². The van der Waals surface area contributed by atoms with Gasteiger partial charge in [0.25, 0.3) is 0 Å². The lowest BCUT2D eigenvalue weighted by Gasteiger charge is -2.10. The van der Waals surface area contributed by atoms with Crippen molar-refractivity contribution in [1.29, 1.82) is 0 Å². The van der Waals surface area contributed by atoms with E-state index in [0.29, 0.717) is 10.7 Å². The number of urea groups is 1. The molecule has 2 N–H and O–H groups in total. The Bertz CT molecular complexity index is 667. The summed E-state index contributed by atoms with van der Waals surface area (Å²) in [5.74, 6) is 0.756. The predicted molar refractivity (Wildman–Crippen MR) is 93.4 cm³/mol. The van der Waals surface area contributed by atoms with Gasteiger partial charge in [-0.15, -0.1) is 0 Å². The van der Waals surface area contributed by atoms with Gasteiger partial charge in [0.1, 0.15) is 5.75 Å². The molecule has 0 saturated heterocycles. The van der Waals surface area contributed by atoms with Gasteiger partial charge in [-0.1, -0.05) is 23.7 Å². The maximum atomic E-state index is 11.7. The minimum Gasteiger partial charge on any atom is -0.491 e. The fraction of sp³-hybridized carbons (Fsp3) is 0.176. The summed E-state index contributed by atoms with van der Waals surface area (Å²) in [7, 11) is 0. The van der Waals surface area contributed by atoms with Crippen molar-refractivity contribution in [3.63, 3.8) is 0 Å². The van der Waals surface area contributed by atoms with Crippen LogP contribution < -0.4 is 15.5 Å². The van der Waals surface area contributed by atoms with Crippen LogP contribution in [0.4, 0.5) is 10.5 Å². The monoisotopic (exact) mass is 331 g/mol. The summed E-state index contributed by atoms with van der Waals surface area (Å²) in [5, 5.41) is 7.20. The Kier molecular flexibility index (Phi) is 6.00.